The van der Waals surface area contributed by atoms with E-state index in [1.54, 1.807) is 24.3 Å². The van der Waals surface area contributed by atoms with Crippen LogP contribution >= 0.6 is 27.7 Å². The third-order valence-corrected chi connectivity index (χ3v) is 6.49. The predicted octanol–water partition coefficient (Wildman–Crippen LogP) is 3.65. The maximum atomic E-state index is 12.2. The Morgan fingerprint density at radius 2 is 1.78 bits per heavy atom. The van der Waals surface area contributed by atoms with Gasteiger partial charge >= 0.3 is 0 Å². The zero-order valence-corrected chi connectivity index (χ0v) is 18.3. The van der Waals surface area contributed by atoms with Crippen LogP contribution in [0.3, 0.4) is 0 Å². The van der Waals surface area contributed by atoms with Crippen molar-refractivity contribution in [3.05, 3.63) is 64.6 Å². The van der Waals surface area contributed by atoms with Crippen LogP contribution in [-0.2, 0) is 20.6 Å². The largest absolute Gasteiger partial charge is 0.354 e. The minimum absolute atomic E-state index is 0.225. The smallest absolute Gasteiger partial charge is 0.240 e. The molecule has 2 aromatic rings. The van der Waals surface area contributed by atoms with Gasteiger partial charge in [0.25, 0.3) is 0 Å². The van der Waals surface area contributed by atoms with Crippen molar-refractivity contribution in [1.82, 2.24) is 5.32 Å². The number of hydrogen-bond acceptors (Lipinski definition) is 4. The van der Waals surface area contributed by atoms with Gasteiger partial charge in [0.15, 0.2) is 0 Å². The van der Waals surface area contributed by atoms with Crippen LogP contribution in [0.25, 0.3) is 0 Å². The number of carbonyl (C=O) groups excluding carboxylic acids is 1. The van der Waals surface area contributed by atoms with Crippen LogP contribution in [-0.4, -0.2) is 39.4 Å². The van der Waals surface area contributed by atoms with E-state index >= 15 is 0 Å². The molecule has 5 nitrogen and oxygen atoms in total. The lowest BCUT2D eigenvalue weighted by Gasteiger charge is -2.22. The summed E-state index contributed by atoms with van der Waals surface area (Å²) < 4.78 is 26.0. The fourth-order valence-electron chi connectivity index (χ4n) is 2.36. The number of carbonyl (C=O) groups is 1. The molecule has 146 valence electrons. The SMILES string of the molecule is CS(=O)(=O)N(CC(=O)NCCCSCc1ccccc1)c1ccc(Br)cc1. The molecule has 0 bridgehead atoms. The van der Waals surface area contributed by atoms with Crippen LogP contribution in [0.2, 0.25) is 0 Å². The summed E-state index contributed by atoms with van der Waals surface area (Å²) in [5.41, 5.74) is 1.75. The Morgan fingerprint density at radius 3 is 2.41 bits per heavy atom. The molecule has 0 fully saturated rings. The summed E-state index contributed by atoms with van der Waals surface area (Å²) in [6, 6.07) is 17.1. The van der Waals surface area contributed by atoms with Gasteiger partial charge in [-0.1, -0.05) is 46.3 Å². The molecule has 0 unspecified atom stereocenters. The molecule has 0 radical (unpaired) electrons. The lowest BCUT2D eigenvalue weighted by atomic mass is 10.2. The second-order valence-electron chi connectivity index (χ2n) is 5.99. The van der Waals surface area contributed by atoms with Gasteiger partial charge in [0.2, 0.25) is 15.9 Å². The van der Waals surface area contributed by atoms with E-state index in [1.165, 1.54) is 5.56 Å². The lowest BCUT2D eigenvalue weighted by Crippen LogP contribution is -2.40. The molecule has 1 amide bonds. The van der Waals surface area contributed by atoms with Crippen molar-refractivity contribution in [3.8, 4) is 0 Å². The zero-order valence-electron chi connectivity index (χ0n) is 15.1. The van der Waals surface area contributed by atoms with Gasteiger partial charge in [-0.2, -0.15) is 11.8 Å². The maximum absolute atomic E-state index is 12.2. The summed E-state index contributed by atoms with van der Waals surface area (Å²) in [5.74, 6) is 1.56. The molecule has 0 aliphatic heterocycles. The Morgan fingerprint density at radius 1 is 1.11 bits per heavy atom. The number of rotatable bonds is 10. The fraction of sp³-hybridized carbons (Fsp3) is 0.316. The van der Waals surface area contributed by atoms with Gasteiger partial charge in [0.1, 0.15) is 6.54 Å². The molecule has 0 aromatic heterocycles. The lowest BCUT2D eigenvalue weighted by molar-refractivity contribution is -0.119. The van der Waals surface area contributed by atoms with Crippen molar-refractivity contribution in [2.45, 2.75) is 12.2 Å². The Labute approximate surface area is 173 Å². The van der Waals surface area contributed by atoms with E-state index in [0.29, 0.717) is 12.2 Å². The molecule has 0 heterocycles. The molecular formula is C19H23BrN2O3S2. The van der Waals surface area contributed by atoms with Crippen LogP contribution in [0, 0.1) is 0 Å². The van der Waals surface area contributed by atoms with Gasteiger partial charge in [-0.05, 0) is 42.0 Å². The van der Waals surface area contributed by atoms with Crippen molar-refractivity contribution in [2.24, 2.45) is 0 Å². The van der Waals surface area contributed by atoms with E-state index in [1.807, 2.05) is 30.0 Å². The molecule has 0 spiro atoms. The maximum Gasteiger partial charge on any atom is 0.240 e. The second kappa shape index (κ2) is 10.7. The number of anilines is 1. The summed E-state index contributed by atoms with van der Waals surface area (Å²) in [6.07, 6.45) is 1.93. The summed E-state index contributed by atoms with van der Waals surface area (Å²) in [6.45, 7) is 0.302. The van der Waals surface area contributed by atoms with Gasteiger partial charge in [-0.15, -0.1) is 0 Å². The van der Waals surface area contributed by atoms with Gasteiger partial charge < -0.3 is 5.32 Å². The number of benzene rings is 2. The number of hydrogen-bond donors (Lipinski definition) is 1. The summed E-state index contributed by atoms with van der Waals surface area (Å²) in [5, 5.41) is 2.80. The van der Waals surface area contributed by atoms with Crippen LogP contribution in [0.15, 0.2) is 59.1 Å². The minimum atomic E-state index is -3.54. The third kappa shape index (κ3) is 7.94. The summed E-state index contributed by atoms with van der Waals surface area (Å²) in [4.78, 5) is 12.2. The molecule has 2 aromatic carbocycles. The van der Waals surface area contributed by atoms with E-state index in [9.17, 15) is 13.2 Å². The van der Waals surface area contributed by atoms with Crippen molar-refractivity contribution >= 4 is 49.3 Å². The molecule has 8 heteroatoms. The highest BCUT2D eigenvalue weighted by atomic mass is 79.9. The number of thioether (sulfide) groups is 1. The molecule has 2 rings (SSSR count). The van der Waals surface area contributed by atoms with Crippen molar-refractivity contribution in [3.63, 3.8) is 0 Å². The monoisotopic (exact) mass is 470 g/mol. The van der Waals surface area contributed by atoms with Crippen molar-refractivity contribution < 1.29 is 13.2 Å². The molecule has 0 atom stereocenters. The molecule has 0 aliphatic rings. The van der Waals surface area contributed by atoms with Gasteiger partial charge in [-0.25, -0.2) is 8.42 Å². The van der Waals surface area contributed by atoms with Crippen molar-refractivity contribution in [2.75, 3.05) is 29.4 Å². The standard InChI is InChI=1S/C19H23BrN2O3S2/c1-27(24,25)22(18-10-8-17(20)9-11-18)14-19(23)21-12-5-13-26-15-16-6-3-2-4-7-16/h2-4,6-11H,5,12-15H2,1H3,(H,21,23). The summed E-state index contributed by atoms with van der Waals surface area (Å²) in [7, 11) is -3.54. The van der Waals surface area contributed by atoms with E-state index in [2.05, 4.69) is 33.4 Å². The molecule has 0 saturated carbocycles. The Bertz CT molecular complexity index is 828. The summed E-state index contributed by atoms with van der Waals surface area (Å²) >= 11 is 5.13. The van der Waals surface area contributed by atoms with E-state index < -0.39 is 10.0 Å². The highest BCUT2D eigenvalue weighted by Crippen LogP contribution is 2.20. The first-order valence-electron chi connectivity index (χ1n) is 8.48. The first kappa shape index (κ1) is 21.8. The Kier molecular flexibility index (Phi) is 8.66. The van der Waals surface area contributed by atoms with Gasteiger partial charge in [-0.3, -0.25) is 9.10 Å². The number of nitrogens with zero attached hydrogens (tertiary/aromatic N) is 1. The van der Waals surface area contributed by atoms with Gasteiger partial charge in [0, 0.05) is 16.8 Å². The number of amides is 1. The molecular weight excluding hydrogens is 448 g/mol. The van der Waals surface area contributed by atoms with Crippen molar-refractivity contribution in [1.29, 1.82) is 0 Å². The van der Waals surface area contributed by atoms with Crippen LogP contribution in [0.5, 0.6) is 0 Å². The molecule has 0 aliphatic carbocycles. The quantitative estimate of drug-likeness (QED) is 0.538. The topological polar surface area (TPSA) is 66.5 Å². The normalized spacial score (nSPS) is 11.2. The molecule has 0 saturated heterocycles. The molecule has 1 N–H and O–H groups in total. The fourth-order valence-corrected chi connectivity index (χ4v) is 4.40. The Balaban J connectivity index is 1.74. The van der Waals surface area contributed by atoms with Gasteiger partial charge in [0.05, 0.1) is 11.9 Å². The predicted molar refractivity (Wildman–Crippen MR) is 117 cm³/mol. The number of sulfonamides is 1. The second-order valence-corrected chi connectivity index (χ2v) is 9.92. The number of halogens is 1. The van der Waals surface area contributed by atoms with Crippen LogP contribution in [0.4, 0.5) is 5.69 Å². The molecule has 27 heavy (non-hydrogen) atoms. The highest BCUT2D eigenvalue weighted by Gasteiger charge is 2.20. The van der Waals surface area contributed by atoms with E-state index in [0.717, 1.165) is 33.0 Å². The minimum Gasteiger partial charge on any atom is -0.354 e. The number of nitrogens with one attached hydrogen (secondary N) is 1. The first-order valence-corrected chi connectivity index (χ1v) is 12.3. The highest BCUT2D eigenvalue weighted by molar-refractivity contribution is 9.10. The average Bonchev–Trinajstić information content (AvgIpc) is 2.63. The zero-order chi connectivity index (χ0) is 19.7. The van der Waals surface area contributed by atoms with Crippen LogP contribution < -0.4 is 9.62 Å². The van der Waals surface area contributed by atoms with E-state index in [-0.39, 0.29) is 12.5 Å². The average molecular weight is 471 g/mol. The first-order chi connectivity index (χ1) is 12.9. The third-order valence-electron chi connectivity index (χ3n) is 3.70. The van der Waals surface area contributed by atoms with Crippen LogP contribution in [0.1, 0.15) is 12.0 Å². The Hall–Kier alpha value is -1.51. The van der Waals surface area contributed by atoms with E-state index in [4.69, 9.17) is 0 Å².